The van der Waals surface area contributed by atoms with Gasteiger partial charge in [-0.3, -0.25) is 14.9 Å². The van der Waals surface area contributed by atoms with Crippen molar-refractivity contribution < 1.29 is 9.72 Å². The van der Waals surface area contributed by atoms with E-state index in [4.69, 9.17) is 11.6 Å². The van der Waals surface area contributed by atoms with E-state index < -0.39 is 4.92 Å². The molecule has 0 aliphatic carbocycles. The first-order chi connectivity index (χ1) is 16.0. The van der Waals surface area contributed by atoms with E-state index in [-0.39, 0.29) is 22.2 Å². The van der Waals surface area contributed by atoms with Crippen LogP contribution in [0.1, 0.15) is 10.4 Å². The molecule has 1 saturated heterocycles. The standard InChI is InChI=1S/C21H17ClN8O3/c22-17-7-6-15(30(32)33)12-16(17)21(31)28-10-8-27(9-11-28)19-18-20(24-13-23-19)29(26-25-18)14-4-2-1-3-5-14/h1-7,12-13H,8-11H2. The van der Waals surface area contributed by atoms with Crippen LogP contribution >= 0.6 is 11.6 Å². The van der Waals surface area contributed by atoms with Crippen molar-refractivity contribution in [1.82, 2.24) is 29.9 Å². The molecule has 0 N–H and O–H groups in total. The van der Waals surface area contributed by atoms with Gasteiger partial charge in [0.15, 0.2) is 17.0 Å². The highest BCUT2D eigenvalue weighted by Crippen LogP contribution is 2.26. The highest BCUT2D eigenvalue weighted by Gasteiger charge is 2.27. The molecule has 0 unspecified atom stereocenters. The molecule has 4 aromatic rings. The third-order valence-electron chi connectivity index (χ3n) is 5.48. The van der Waals surface area contributed by atoms with Gasteiger partial charge in [-0.25, -0.2) is 9.97 Å². The molecule has 1 fully saturated rings. The van der Waals surface area contributed by atoms with Crippen LogP contribution in [0.25, 0.3) is 16.9 Å². The van der Waals surface area contributed by atoms with Gasteiger partial charge in [-0.2, -0.15) is 4.68 Å². The first-order valence-corrected chi connectivity index (χ1v) is 10.5. The van der Waals surface area contributed by atoms with E-state index in [1.807, 2.05) is 35.2 Å². The fourth-order valence-electron chi connectivity index (χ4n) is 3.79. The minimum absolute atomic E-state index is 0.120. The number of non-ortho nitro benzene ring substituents is 1. The number of para-hydroxylation sites is 1. The van der Waals surface area contributed by atoms with Crippen LogP contribution in [0, 0.1) is 10.1 Å². The Morgan fingerprint density at radius 1 is 1.03 bits per heavy atom. The zero-order valence-electron chi connectivity index (χ0n) is 17.2. The van der Waals surface area contributed by atoms with Gasteiger partial charge in [-0.15, -0.1) is 5.10 Å². The van der Waals surface area contributed by atoms with Crippen LogP contribution in [-0.4, -0.2) is 66.9 Å². The Kier molecular flexibility index (Phi) is 5.31. The third kappa shape index (κ3) is 3.82. The number of carbonyl (C=O) groups excluding carboxylic acids is 1. The average molecular weight is 465 g/mol. The summed E-state index contributed by atoms with van der Waals surface area (Å²) < 4.78 is 1.66. The lowest BCUT2D eigenvalue weighted by atomic mass is 10.1. The number of piperazine rings is 1. The number of hydrogen-bond acceptors (Lipinski definition) is 8. The number of aromatic nitrogens is 5. The zero-order chi connectivity index (χ0) is 22.9. The Balaban J connectivity index is 1.36. The van der Waals surface area contributed by atoms with Gasteiger partial charge in [0, 0.05) is 38.3 Å². The minimum atomic E-state index is -0.548. The topological polar surface area (TPSA) is 123 Å². The quantitative estimate of drug-likeness (QED) is 0.333. The molecule has 1 aliphatic heterocycles. The van der Waals surface area contributed by atoms with Crippen molar-refractivity contribution in [3.63, 3.8) is 0 Å². The Morgan fingerprint density at radius 3 is 2.52 bits per heavy atom. The summed E-state index contributed by atoms with van der Waals surface area (Å²) in [5.41, 5.74) is 1.95. The van der Waals surface area contributed by atoms with Crippen LogP contribution in [0.2, 0.25) is 5.02 Å². The first-order valence-electron chi connectivity index (χ1n) is 10.1. The SMILES string of the molecule is O=C(c1cc([N+](=O)[O-])ccc1Cl)N1CCN(c2ncnc3c2nnn3-c2ccccc2)CC1. The maximum Gasteiger partial charge on any atom is 0.270 e. The molecule has 11 nitrogen and oxygen atoms in total. The van der Waals surface area contributed by atoms with Gasteiger partial charge in [0.25, 0.3) is 11.6 Å². The number of fused-ring (bicyclic) bond motifs is 1. The van der Waals surface area contributed by atoms with E-state index in [1.54, 1.807) is 9.58 Å². The van der Waals surface area contributed by atoms with Crippen molar-refractivity contribution in [2.45, 2.75) is 0 Å². The number of halogens is 1. The third-order valence-corrected chi connectivity index (χ3v) is 5.81. The van der Waals surface area contributed by atoms with Gasteiger partial charge >= 0.3 is 0 Å². The summed E-state index contributed by atoms with van der Waals surface area (Å²) in [7, 11) is 0. The average Bonchev–Trinajstić information content (AvgIpc) is 3.29. The van der Waals surface area contributed by atoms with Gasteiger partial charge in [0.05, 0.1) is 21.2 Å². The van der Waals surface area contributed by atoms with Crippen molar-refractivity contribution >= 4 is 40.2 Å². The molecule has 0 bridgehead atoms. The summed E-state index contributed by atoms with van der Waals surface area (Å²) in [6.07, 6.45) is 1.47. The smallest absolute Gasteiger partial charge is 0.270 e. The normalized spacial score (nSPS) is 14.0. The number of nitro groups is 1. The lowest BCUT2D eigenvalue weighted by molar-refractivity contribution is -0.384. The number of amides is 1. The molecule has 2 aromatic carbocycles. The molecule has 33 heavy (non-hydrogen) atoms. The molecule has 0 radical (unpaired) electrons. The molecule has 3 heterocycles. The van der Waals surface area contributed by atoms with E-state index in [0.717, 1.165) is 5.69 Å². The summed E-state index contributed by atoms with van der Waals surface area (Å²) in [4.78, 5) is 35.9. The van der Waals surface area contributed by atoms with Crippen LogP contribution < -0.4 is 4.90 Å². The summed E-state index contributed by atoms with van der Waals surface area (Å²) in [6.45, 7) is 1.80. The van der Waals surface area contributed by atoms with Gasteiger partial charge in [0.1, 0.15) is 6.33 Å². The molecule has 166 valence electrons. The molecular formula is C21H17ClN8O3. The van der Waals surface area contributed by atoms with E-state index in [2.05, 4.69) is 20.3 Å². The van der Waals surface area contributed by atoms with Crippen molar-refractivity contribution in [1.29, 1.82) is 0 Å². The van der Waals surface area contributed by atoms with Gasteiger partial charge in [-0.1, -0.05) is 35.0 Å². The molecule has 5 rings (SSSR count). The van der Waals surface area contributed by atoms with Crippen molar-refractivity contribution in [2.24, 2.45) is 0 Å². The fourth-order valence-corrected chi connectivity index (χ4v) is 3.99. The lowest BCUT2D eigenvalue weighted by Gasteiger charge is -2.35. The molecule has 0 spiro atoms. The summed E-state index contributed by atoms with van der Waals surface area (Å²) >= 11 is 6.14. The van der Waals surface area contributed by atoms with Crippen LogP contribution in [0.4, 0.5) is 11.5 Å². The summed E-state index contributed by atoms with van der Waals surface area (Å²) in [5, 5.41) is 19.8. The second-order valence-electron chi connectivity index (χ2n) is 7.41. The minimum Gasteiger partial charge on any atom is -0.351 e. The highest BCUT2D eigenvalue weighted by atomic mass is 35.5. The number of benzene rings is 2. The molecule has 0 atom stereocenters. The molecule has 0 saturated carbocycles. The highest BCUT2D eigenvalue weighted by molar-refractivity contribution is 6.33. The fraction of sp³-hybridized carbons (Fsp3) is 0.190. The van der Waals surface area contributed by atoms with Crippen LogP contribution in [0.3, 0.4) is 0 Å². The Hall–Kier alpha value is -4.12. The number of hydrogen-bond donors (Lipinski definition) is 0. The second kappa shape index (κ2) is 8.43. The molecule has 1 aliphatic rings. The summed E-state index contributed by atoms with van der Waals surface area (Å²) in [5.74, 6) is 0.300. The number of nitrogens with zero attached hydrogens (tertiary/aromatic N) is 8. The van der Waals surface area contributed by atoms with Crippen LogP contribution in [0.15, 0.2) is 54.9 Å². The molecular weight excluding hydrogens is 448 g/mol. The van der Waals surface area contributed by atoms with E-state index >= 15 is 0 Å². The van der Waals surface area contributed by atoms with Crippen molar-refractivity contribution in [3.05, 3.63) is 75.6 Å². The number of anilines is 1. The van der Waals surface area contributed by atoms with Gasteiger partial charge in [-0.05, 0) is 18.2 Å². The van der Waals surface area contributed by atoms with E-state index in [0.29, 0.717) is 43.2 Å². The van der Waals surface area contributed by atoms with Crippen molar-refractivity contribution in [3.8, 4) is 5.69 Å². The number of nitro benzene ring substituents is 1. The Labute approximate surface area is 192 Å². The van der Waals surface area contributed by atoms with Gasteiger partial charge in [0.2, 0.25) is 0 Å². The first kappa shape index (κ1) is 20.8. The van der Waals surface area contributed by atoms with E-state index in [1.165, 1.54) is 24.5 Å². The Morgan fingerprint density at radius 2 is 1.79 bits per heavy atom. The molecule has 1 amide bonds. The summed E-state index contributed by atoms with van der Waals surface area (Å²) in [6, 6.07) is 13.4. The second-order valence-corrected chi connectivity index (χ2v) is 7.81. The van der Waals surface area contributed by atoms with Gasteiger partial charge < -0.3 is 9.80 Å². The molecule has 2 aromatic heterocycles. The predicted octanol–water partition coefficient (Wildman–Crippen LogP) is 2.73. The predicted molar refractivity (Wildman–Crippen MR) is 121 cm³/mol. The number of carbonyl (C=O) groups is 1. The monoisotopic (exact) mass is 464 g/mol. The largest absolute Gasteiger partial charge is 0.351 e. The number of rotatable bonds is 4. The van der Waals surface area contributed by atoms with E-state index in [9.17, 15) is 14.9 Å². The Bertz CT molecular complexity index is 1350. The van der Waals surface area contributed by atoms with Crippen molar-refractivity contribution in [2.75, 3.05) is 31.1 Å². The lowest BCUT2D eigenvalue weighted by Crippen LogP contribution is -2.49. The van der Waals surface area contributed by atoms with Crippen LogP contribution in [0.5, 0.6) is 0 Å². The van der Waals surface area contributed by atoms with Crippen LogP contribution in [-0.2, 0) is 0 Å². The maximum atomic E-state index is 13.0. The molecule has 12 heteroatoms. The zero-order valence-corrected chi connectivity index (χ0v) is 18.0. The maximum absolute atomic E-state index is 13.0.